The van der Waals surface area contributed by atoms with E-state index >= 15 is 0 Å². The van der Waals surface area contributed by atoms with Gasteiger partial charge in [-0.2, -0.15) is 0 Å². The quantitative estimate of drug-likeness (QED) is 0.605. The first-order chi connectivity index (χ1) is 13.5. The number of hydrogen-bond acceptors (Lipinski definition) is 3. The average Bonchev–Trinajstić information content (AvgIpc) is 3.04. The van der Waals surface area contributed by atoms with E-state index in [0.717, 1.165) is 41.9 Å². The largest absolute Gasteiger partial charge is 0.493 e. The number of halogens is 1. The summed E-state index contributed by atoms with van der Waals surface area (Å²) in [7, 11) is 1.66. The molecule has 3 rings (SSSR count). The van der Waals surface area contributed by atoms with Gasteiger partial charge in [-0.15, -0.1) is 0 Å². The zero-order chi connectivity index (χ0) is 20.1. The second-order valence-corrected chi connectivity index (χ2v) is 7.80. The highest BCUT2D eigenvalue weighted by Crippen LogP contribution is 2.32. The SMILES string of the molecule is CCC(C)Oc1ccc(CC2CCC(=O)N2Cc2ccc(Cl)cc2)cc1OC. The normalized spacial score (nSPS) is 17.6. The Balaban J connectivity index is 1.72. The lowest BCUT2D eigenvalue weighted by Gasteiger charge is -2.25. The molecular formula is C23H28ClNO3. The van der Waals surface area contributed by atoms with Gasteiger partial charge in [-0.05, 0) is 61.6 Å². The van der Waals surface area contributed by atoms with Crippen LogP contribution in [0.5, 0.6) is 11.5 Å². The molecule has 0 aromatic heterocycles. The molecule has 1 amide bonds. The number of rotatable bonds is 8. The van der Waals surface area contributed by atoms with Crippen molar-refractivity contribution in [3.63, 3.8) is 0 Å². The standard InChI is InChI=1S/C23H28ClNO3/c1-4-16(2)28-21-11-7-18(14-22(21)27-3)13-20-10-12-23(26)25(20)15-17-5-8-19(24)9-6-17/h5-9,11,14,16,20H,4,10,12-13,15H2,1-3H3. The van der Waals surface area contributed by atoms with E-state index in [4.69, 9.17) is 21.1 Å². The summed E-state index contributed by atoms with van der Waals surface area (Å²) in [6, 6.07) is 14.0. The lowest BCUT2D eigenvalue weighted by atomic mass is 10.0. The van der Waals surface area contributed by atoms with Crippen LogP contribution >= 0.6 is 11.6 Å². The van der Waals surface area contributed by atoms with Gasteiger partial charge in [-0.25, -0.2) is 0 Å². The van der Waals surface area contributed by atoms with Crippen LogP contribution in [0.1, 0.15) is 44.2 Å². The highest BCUT2D eigenvalue weighted by molar-refractivity contribution is 6.30. The Morgan fingerprint density at radius 3 is 2.54 bits per heavy atom. The van der Waals surface area contributed by atoms with Crippen LogP contribution < -0.4 is 9.47 Å². The fourth-order valence-corrected chi connectivity index (χ4v) is 3.64. The molecule has 0 spiro atoms. The van der Waals surface area contributed by atoms with Crippen molar-refractivity contribution >= 4 is 17.5 Å². The first-order valence-electron chi connectivity index (χ1n) is 9.87. The van der Waals surface area contributed by atoms with Crippen molar-refractivity contribution in [2.24, 2.45) is 0 Å². The number of hydrogen-bond donors (Lipinski definition) is 0. The van der Waals surface area contributed by atoms with Crippen molar-refractivity contribution in [3.05, 3.63) is 58.6 Å². The first-order valence-corrected chi connectivity index (χ1v) is 10.3. The molecule has 0 bridgehead atoms. The molecule has 5 heteroatoms. The van der Waals surface area contributed by atoms with E-state index in [9.17, 15) is 4.79 Å². The minimum atomic E-state index is 0.141. The number of amides is 1. The number of nitrogens with zero attached hydrogens (tertiary/aromatic N) is 1. The predicted octanol–water partition coefficient (Wildman–Crippen LogP) is 5.26. The molecule has 1 aliphatic heterocycles. The number of ether oxygens (including phenoxy) is 2. The van der Waals surface area contributed by atoms with Crippen molar-refractivity contribution in [1.29, 1.82) is 0 Å². The van der Waals surface area contributed by atoms with Crippen LogP contribution in [-0.4, -0.2) is 30.1 Å². The van der Waals surface area contributed by atoms with E-state index in [0.29, 0.717) is 18.0 Å². The summed E-state index contributed by atoms with van der Waals surface area (Å²) in [5.41, 5.74) is 2.24. The second-order valence-electron chi connectivity index (χ2n) is 7.37. The molecule has 2 aromatic rings. The monoisotopic (exact) mass is 401 g/mol. The van der Waals surface area contributed by atoms with E-state index in [1.807, 2.05) is 48.2 Å². The first kappa shape index (κ1) is 20.5. The van der Waals surface area contributed by atoms with Crippen LogP contribution in [0.4, 0.5) is 0 Å². The number of carbonyl (C=O) groups is 1. The Morgan fingerprint density at radius 2 is 1.86 bits per heavy atom. The Hall–Kier alpha value is -2.20. The van der Waals surface area contributed by atoms with E-state index in [1.165, 1.54) is 0 Å². The molecule has 1 aliphatic rings. The molecule has 1 saturated heterocycles. The van der Waals surface area contributed by atoms with Gasteiger partial charge in [-0.1, -0.05) is 36.7 Å². The fraction of sp³-hybridized carbons (Fsp3) is 0.435. The molecule has 2 unspecified atom stereocenters. The lowest BCUT2D eigenvalue weighted by Crippen LogP contribution is -2.33. The summed E-state index contributed by atoms with van der Waals surface area (Å²) in [5, 5.41) is 0.708. The van der Waals surface area contributed by atoms with Crippen LogP contribution in [0.2, 0.25) is 5.02 Å². The van der Waals surface area contributed by atoms with Crippen LogP contribution in [0.15, 0.2) is 42.5 Å². The van der Waals surface area contributed by atoms with Crippen molar-refractivity contribution in [2.75, 3.05) is 7.11 Å². The Morgan fingerprint density at radius 1 is 1.14 bits per heavy atom. The molecule has 2 atom stereocenters. The van der Waals surface area contributed by atoms with Gasteiger partial charge >= 0.3 is 0 Å². The van der Waals surface area contributed by atoms with Gasteiger partial charge in [0.15, 0.2) is 11.5 Å². The summed E-state index contributed by atoms with van der Waals surface area (Å²) in [6.07, 6.45) is 3.36. The summed E-state index contributed by atoms with van der Waals surface area (Å²) >= 11 is 5.97. The fourth-order valence-electron chi connectivity index (χ4n) is 3.52. The zero-order valence-electron chi connectivity index (χ0n) is 16.8. The van der Waals surface area contributed by atoms with E-state index in [-0.39, 0.29) is 18.1 Å². The third-order valence-corrected chi connectivity index (χ3v) is 5.57. The third kappa shape index (κ3) is 4.99. The Kier molecular flexibility index (Phi) is 6.84. The van der Waals surface area contributed by atoms with Gasteiger partial charge in [0.2, 0.25) is 5.91 Å². The van der Waals surface area contributed by atoms with Crippen molar-refractivity contribution in [3.8, 4) is 11.5 Å². The van der Waals surface area contributed by atoms with Crippen molar-refractivity contribution < 1.29 is 14.3 Å². The number of carbonyl (C=O) groups excluding carboxylic acids is 1. The molecule has 0 radical (unpaired) electrons. The molecule has 2 aromatic carbocycles. The Bertz CT molecular complexity index is 806. The van der Waals surface area contributed by atoms with E-state index in [1.54, 1.807) is 7.11 Å². The van der Waals surface area contributed by atoms with Gasteiger partial charge in [0.25, 0.3) is 0 Å². The molecule has 1 fully saturated rings. The number of likely N-dealkylation sites (tertiary alicyclic amines) is 1. The van der Waals surface area contributed by atoms with E-state index < -0.39 is 0 Å². The average molecular weight is 402 g/mol. The summed E-state index contributed by atoms with van der Waals surface area (Å²) in [5.74, 6) is 1.72. The molecular weight excluding hydrogens is 374 g/mol. The second kappa shape index (κ2) is 9.33. The van der Waals surface area contributed by atoms with Gasteiger partial charge in [0.05, 0.1) is 13.2 Å². The van der Waals surface area contributed by atoms with Crippen LogP contribution in [0, 0.1) is 0 Å². The molecule has 0 aliphatic carbocycles. The minimum Gasteiger partial charge on any atom is -0.493 e. The molecule has 0 saturated carbocycles. The van der Waals surface area contributed by atoms with Crippen LogP contribution in [0.3, 0.4) is 0 Å². The minimum absolute atomic E-state index is 0.141. The molecule has 28 heavy (non-hydrogen) atoms. The maximum Gasteiger partial charge on any atom is 0.223 e. The molecule has 0 N–H and O–H groups in total. The smallest absolute Gasteiger partial charge is 0.223 e. The van der Waals surface area contributed by atoms with Crippen molar-refractivity contribution in [2.45, 2.75) is 58.2 Å². The van der Waals surface area contributed by atoms with Crippen LogP contribution in [0.25, 0.3) is 0 Å². The third-order valence-electron chi connectivity index (χ3n) is 5.32. The van der Waals surface area contributed by atoms with Crippen LogP contribution in [-0.2, 0) is 17.8 Å². The van der Waals surface area contributed by atoms with Crippen molar-refractivity contribution in [1.82, 2.24) is 4.90 Å². The predicted molar refractivity (Wildman–Crippen MR) is 112 cm³/mol. The summed E-state index contributed by atoms with van der Waals surface area (Å²) in [6.45, 7) is 4.76. The van der Waals surface area contributed by atoms with Gasteiger partial charge in [0, 0.05) is 24.0 Å². The number of benzene rings is 2. The highest BCUT2D eigenvalue weighted by atomic mass is 35.5. The molecule has 150 valence electrons. The maximum absolute atomic E-state index is 12.4. The number of methoxy groups -OCH3 is 1. The maximum atomic E-state index is 12.4. The molecule has 1 heterocycles. The molecule has 4 nitrogen and oxygen atoms in total. The van der Waals surface area contributed by atoms with Gasteiger partial charge in [0.1, 0.15) is 0 Å². The summed E-state index contributed by atoms with van der Waals surface area (Å²) < 4.78 is 11.5. The van der Waals surface area contributed by atoms with E-state index in [2.05, 4.69) is 13.0 Å². The topological polar surface area (TPSA) is 38.8 Å². The summed E-state index contributed by atoms with van der Waals surface area (Å²) in [4.78, 5) is 14.4. The highest BCUT2D eigenvalue weighted by Gasteiger charge is 2.31. The lowest BCUT2D eigenvalue weighted by molar-refractivity contribution is -0.129. The zero-order valence-corrected chi connectivity index (χ0v) is 17.5. The van der Waals surface area contributed by atoms with Gasteiger partial charge < -0.3 is 14.4 Å². The van der Waals surface area contributed by atoms with Gasteiger partial charge in [-0.3, -0.25) is 4.79 Å². The Labute approximate surface area is 172 Å².